The second-order valence-corrected chi connectivity index (χ2v) is 11.3. The Balaban J connectivity index is 2.45. The van der Waals surface area contributed by atoms with E-state index in [1.165, 1.54) is 23.1 Å². The molecule has 0 bridgehead atoms. The van der Waals surface area contributed by atoms with Crippen LogP contribution in [-0.4, -0.2) is 49.5 Å². The molecule has 0 aromatic heterocycles. The lowest BCUT2D eigenvalue weighted by Gasteiger charge is -2.34. The molecule has 0 saturated carbocycles. The third-order valence-corrected chi connectivity index (χ3v) is 6.27. The van der Waals surface area contributed by atoms with Crippen LogP contribution in [0.5, 0.6) is 0 Å². The lowest BCUT2D eigenvalue weighted by Crippen LogP contribution is -2.55. The number of carbonyl (C=O) groups is 2. The third kappa shape index (κ3) is 7.83. The molecule has 2 rings (SSSR count). The Morgan fingerprint density at radius 3 is 2.21 bits per heavy atom. The van der Waals surface area contributed by atoms with Gasteiger partial charge in [0.25, 0.3) is 0 Å². The standard InChI is InChI=1S/C25H34FN3O4S/c1-7-22(24(31)27-25(3,4)5)28(16-19-13-11-18(2)12-14-19)23(30)17-29(34(6,32)33)21-10-8-9-20(26)15-21/h8-15,22H,7,16-17H2,1-6H3,(H,27,31). The average Bonchev–Trinajstić information content (AvgIpc) is 2.71. The predicted molar refractivity (Wildman–Crippen MR) is 132 cm³/mol. The summed E-state index contributed by atoms with van der Waals surface area (Å²) in [5, 5.41) is 2.91. The SMILES string of the molecule is CCC(C(=O)NC(C)(C)C)N(Cc1ccc(C)cc1)C(=O)CN(c1cccc(F)c1)S(C)(=O)=O. The lowest BCUT2D eigenvalue weighted by atomic mass is 10.1. The van der Waals surface area contributed by atoms with Crippen molar-refractivity contribution in [1.29, 1.82) is 0 Å². The van der Waals surface area contributed by atoms with Crippen molar-refractivity contribution in [2.75, 3.05) is 17.1 Å². The van der Waals surface area contributed by atoms with Gasteiger partial charge in [-0.3, -0.25) is 13.9 Å². The Morgan fingerprint density at radius 1 is 1.09 bits per heavy atom. The van der Waals surface area contributed by atoms with Gasteiger partial charge in [-0.1, -0.05) is 42.8 Å². The van der Waals surface area contributed by atoms with E-state index in [9.17, 15) is 22.4 Å². The molecule has 1 N–H and O–H groups in total. The quantitative estimate of drug-likeness (QED) is 0.581. The molecule has 7 nitrogen and oxygen atoms in total. The van der Waals surface area contributed by atoms with Crippen molar-refractivity contribution in [2.24, 2.45) is 0 Å². The largest absolute Gasteiger partial charge is 0.350 e. The van der Waals surface area contributed by atoms with Gasteiger partial charge in [-0.15, -0.1) is 0 Å². The fraction of sp³-hybridized carbons (Fsp3) is 0.440. The summed E-state index contributed by atoms with van der Waals surface area (Å²) in [4.78, 5) is 28.0. The van der Waals surface area contributed by atoms with Crippen LogP contribution in [0.4, 0.5) is 10.1 Å². The summed E-state index contributed by atoms with van der Waals surface area (Å²) in [5.41, 5.74) is 1.38. The van der Waals surface area contributed by atoms with Crippen molar-refractivity contribution in [3.8, 4) is 0 Å². The molecule has 1 unspecified atom stereocenters. The molecule has 1 atom stereocenters. The minimum absolute atomic E-state index is 0.0401. The van der Waals surface area contributed by atoms with Crippen LogP contribution >= 0.6 is 0 Å². The van der Waals surface area contributed by atoms with Crippen molar-refractivity contribution in [3.05, 3.63) is 65.5 Å². The van der Waals surface area contributed by atoms with E-state index in [2.05, 4.69) is 5.32 Å². The number of amides is 2. The molecule has 2 aromatic rings. The number of hydrogen-bond donors (Lipinski definition) is 1. The van der Waals surface area contributed by atoms with Crippen LogP contribution in [0.25, 0.3) is 0 Å². The summed E-state index contributed by atoms with van der Waals surface area (Å²) in [6, 6.07) is 11.8. The van der Waals surface area contributed by atoms with Gasteiger partial charge < -0.3 is 10.2 Å². The van der Waals surface area contributed by atoms with Crippen molar-refractivity contribution in [3.63, 3.8) is 0 Å². The molecule has 34 heavy (non-hydrogen) atoms. The summed E-state index contributed by atoms with van der Waals surface area (Å²) in [6.07, 6.45) is 1.29. The van der Waals surface area contributed by atoms with Crippen molar-refractivity contribution < 1.29 is 22.4 Å². The monoisotopic (exact) mass is 491 g/mol. The van der Waals surface area contributed by atoms with E-state index in [4.69, 9.17) is 0 Å². The molecule has 0 fully saturated rings. The third-order valence-electron chi connectivity index (χ3n) is 5.13. The Morgan fingerprint density at radius 2 is 1.71 bits per heavy atom. The zero-order valence-electron chi connectivity index (χ0n) is 20.6. The molecule has 0 aliphatic carbocycles. The Kier molecular flexibility index (Phi) is 8.83. The second kappa shape index (κ2) is 11.0. The lowest BCUT2D eigenvalue weighted by molar-refractivity contribution is -0.141. The number of sulfonamides is 1. The highest BCUT2D eigenvalue weighted by Gasteiger charge is 2.33. The van der Waals surface area contributed by atoms with Gasteiger partial charge in [0, 0.05) is 12.1 Å². The first-order valence-corrected chi connectivity index (χ1v) is 13.0. The number of nitrogens with zero attached hydrogens (tertiary/aromatic N) is 2. The van der Waals surface area contributed by atoms with Crippen molar-refractivity contribution in [2.45, 2.75) is 59.2 Å². The van der Waals surface area contributed by atoms with Gasteiger partial charge in [0.2, 0.25) is 21.8 Å². The molecule has 2 aromatic carbocycles. The molecular weight excluding hydrogens is 457 g/mol. The van der Waals surface area contributed by atoms with Crippen LogP contribution < -0.4 is 9.62 Å². The molecule has 0 spiro atoms. The average molecular weight is 492 g/mol. The van der Waals surface area contributed by atoms with E-state index < -0.39 is 39.9 Å². The van der Waals surface area contributed by atoms with Gasteiger partial charge in [-0.2, -0.15) is 0 Å². The highest BCUT2D eigenvalue weighted by molar-refractivity contribution is 7.92. The number of anilines is 1. The zero-order valence-corrected chi connectivity index (χ0v) is 21.4. The second-order valence-electron chi connectivity index (χ2n) is 9.42. The normalized spacial score (nSPS) is 12.7. The van der Waals surface area contributed by atoms with Crippen LogP contribution in [0.2, 0.25) is 0 Å². The van der Waals surface area contributed by atoms with Crippen LogP contribution in [0.15, 0.2) is 48.5 Å². The number of rotatable bonds is 9. The minimum Gasteiger partial charge on any atom is -0.350 e. The summed E-state index contributed by atoms with van der Waals surface area (Å²) >= 11 is 0. The van der Waals surface area contributed by atoms with E-state index >= 15 is 0 Å². The molecule has 186 valence electrons. The molecule has 0 aliphatic heterocycles. The molecule has 0 saturated heterocycles. The topological polar surface area (TPSA) is 86.8 Å². The van der Waals surface area contributed by atoms with Gasteiger partial charge in [0.1, 0.15) is 18.4 Å². The number of aryl methyl sites for hydroxylation is 1. The molecule has 0 heterocycles. The molecule has 0 radical (unpaired) electrons. The van der Waals surface area contributed by atoms with Crippen LogP contribution in [-0.2, 0) is 26.2 Å². The van der Waals surface area contributed by atoms with Crippen molar-refractivity contribution in [1.82, 2.24) is 10.2 Å². The minimum atomic E-state index is -3.90. The van der Waals surface area contributed by atoms with E-state index in [1.54, 1.807) is 6.92 Å². The number of carbonyl (C=O) groups excluding carboxylic acids is 2. The first-order chi connectivity index (χ1) is 15.7. The van der Waals surface area contributed by atoms with E-state index in [0.717, 1.165) is 27.8 Å². The van der Waals surface area contributed by atoms with Gasteiger partial charge in [0.15, 0.2) is 0 Å². The Bertz CT molecular complexity index is 1110. The first kappa shape index (κ1) is 27.3. The van der Waals surface area contributed by atoms with Gasteiger partial charge in [-0.05, 0) is 57.9 Å². The first-order valence-electron chi connectivity index (χ1n) is 11.1. The van der Waals surface area contributed by atoms with Crippen molar-refractivity contribution >= 4 is 27.5 Å². The molecule has 2 amide bonds. The fourth-order valence-corrected chi connectivity index (χ4v) is 4.35. The van der Waals surface area contributed by atoms with Crippen LogP contribution in [0.3, 0.4) is 0 Å². The fourth-order valence-electron chi connectivity index (χ4n) is 3.51. The van der Waals surface area contributed by atoms with Gasteiger partial charge in [0.05, 0.1) is 11.9 Å². The molecule has 0 aliphatic rings. The maximum Gasteiger partial charge on any atom is 0.244 e. The number of benzene rings is 2. The maximum atomic E-state index is 13.8. The van der Waals surface area contributed by atoms with E-state index in [-0.39, 0.29) is 18.1 Å². The van der Waals surface area contributed by atoms with Crippen LogP contribution in [0.1, 0.15) is 45.2 Å². The Hall–Kier alpha value is -2.94. The number of nitrogens with one attached hydrogen (secondary N) is 1. The van der Waals surface area contributed by atoms with Crippen LogP contribution in [0, 0.1) is 12.7 Å². The maximum absolute atomic E-state index is 13.8. The van der Waals surface area contributed by atoms with E-state index in [1.807, 2.05) is 52.0 Å². The summed E-state index contributed by atoms with van der Waals surface area (Å²) in [5.74, 6) is -1.51. The molecular formula is C25H34FN3O4S. The molecule has 9 heteroatoms. The Labute approximate surface area is 202 Å². The summed E-state index contributed by atoms with van der Waals surface area (Å²) in [7, 11) is -3.90. The number of halogens is 1. The highest BCUT2D eigenvalue weighted by Crippen LogP contribution is 2.21. The van der Waals surface area contributed by atoms with Gasteiger partial charge in [-0.25, -0.2) is 12.8 Å². The smallest absolute Gasteiger partial charge is 0.244 e. The van der Waals surface area contributed by atoms with Gasteiger partial charge >= 0.3 is 0 Å². The summed E-state index contributed by atoms with van der Waals surface area (Å²) in [6.45, 7) is 8.84. The predicted octanol–water partition coefficient (Wildman–Crippen LogP) is 3.62. The van der Waals surface area contributed by atoms with E-state index in [0.29, 0.717) is 6.42 Å². The zero-order chi connectivity index (χ0) is 25.7. The summed E-state index contributed by atoms with van der Waals surface area (Å²) < 4.78 is 39.7. The highest BCUT2D eigenvalue weighted by atomic mass is 32.2. The number of hydrogen-bond acceptors (Lipinski definition) is 4.